The van der Waals surface area contributed by atoms with E-state index in [1.807, 2.05) is 54.6 Å². The van der Waals surface area contributed by atoms with Gasteiger partial charge in [-0.15, -0.1) is 0 Å². The van der Waals surface area contributed by atoms with Gasteiger partial charge in [0.15, 0.2) is 6.17 Å². The van der Waals surface area contributed by atoms with Crippen LogP contribution in [0.4, 0.5) is 5.69 Å². The second-order valence-corrected chi connectivity index (χ2v) is 5.64. The third-order valence-electron chi connectivity index (χ3n) is 3.90. The van der Waals surface area contributed by atoms with E-state index in [-0.39, 0.29) is 25.0 Å². The SMILES string of the molecule is CC(=O)OCCN1C(=O)[C@@H](N)N=C(c2ccccc2)c2ccccc21. The second kappa shape index (κ2) is 7.27. The first-order chi connectivity index (χ1) is 12.1. The molecule has 25 heavy (non-hydrogen) atoms. The maximum Gasteiger partial charge on any atom is 0.302 e. The normalized spacial score (nSPS) is 16.7. The summed E-state index contributed by atoms with van der Waals surface area (Å²) in [6.07, 6.45) is -1.01. The highest BCUT2D eigenvalue weighted by Crippen LogP contribution is 2.27. The van der Waals surface area contributed by atoms with Crippen LogP contribution in [0.15, 0.2) is 59.6 Å². The maximum atomic E-state index is 12.7. The van der Waals surface area contributed by atoms with Crippen molar-refractivity contribution in [2.75, 3.05) is 18.1 Å². The van der Waals surface area contributed by atoms with Gasteiger partial charge in [-0.3, -0.25) is 14.6 Å². The van der Waals surface area contributed by atoms with E-state index in [4.69, 9.17) is 10.5 Å². The lowest BCUT2D eigenvalue weighted by atomic mass is 10.0. The Labute approximate surface area is 145 Å². The molecular weight excluding hydrogens is 318 g/mol. The summed E-state index contributed by atoms with van der Waals surface area (Å²) in [7, 11) is 0. The summed E-state index contributed by atoms with van der Waals surface area (Å²) in [4.78, 5) is 29.7. The molecule has 6 nitrogen and oxygen atoms in total. The number of benzodiazepines with no additional fused rings is 1. The largest absolute Gasteiger partial charge is 0.464 e. The van der Waals surface area contributed by atoms with Crippen molar-refractivity contribution in [1.82, 2.24) is 0 Å². The van der Waals surface area contributed by atoms with Gasteiger partial charge in [-0.1, -0.05) is 48.5 Å². The predicted octanol–water partition coefficient (Wildman–Crippen LogP) is 1.72. The van der Waals surface area contributed by atoms with Crippen molar-refractivity contribution >= 4 is 23.3 Å². The highest BCUT2D eigenvalue weighted by atomic mass is 16.5. The second-order valence-electron chi connectivity index (χ2n) is 5.64. The number of anilines is 1. The van der Waals surface area contributed by atoms with E-state index in [9.17, 15) is 9.59 Å². The minimum absolute atomic E-state index is 0.1000. The molecule has 6 heteroatoms. The average molecular weight is 337 g/mol. The van der Waals surface area contributed by atoms with Crippen LogP contribution in [0, 0.1) is 0 Å². The van der Waals surface area contributed by atoms with E-state index in [1.54, 1.807) is 0 Å². The predicted molar refractivity (Wildman–Crippen MR) is 95.5 cm³/mol. The zero-order chi connectivity index (χ0) is 17.8. The molecule has 2 N–H and O–H groups in total. The Kier molecular flexibility index (Phi) is 4.90. The maximum absolute atomic E-state index is 12.7. The highest BCUT2D eigenvalue weighted by Gasteiger charge is 2.29. The summed E-state index contributed by atoms with van der Waals surface area (Å²) >= 11 is 0. The number of aliphatic imine (C=N–C) groups is 1. The number of carbonyl (C=O) groups is 2. The van der Waals surface area contributed by atoms with Crippen molar-refractivity contribution in [2.45, 2.75) is 13.1 Å². The molecule has 0 radical (unpaired) electrons. The van der Waals surface area contributed by atoms with Crippen molar-refractivity contribution in [3.05, 3.63) is 65.7 Å². The fourth-order valence-electron chi connectivity index (χ4n) is 2.79. The topological polar surface area (TPSA) is 85.0 Å². The minimum atomic E-state index is -1.01. The zero-order valence-electron chi connectivity index (χ0n) is 13.9. The number of fused-ring (bicyclic) bond motifs is 1. The highest BCUT2D eigenvalue weighted by molar-refractivity contribution is 6.20. The Morgan fingerprint density at radius 3 is 2.56 bits per heavy atom. The van der Waals surface area contributed by atoms with Crippen LogP contribution in [-0.2, 0) is 14.3 Å². The lowest BCUT2D eigenvalue weighted by Gasteiger charge is -2.23. The lowest BCUT2D eigenvalue weighted by Crippen LogP contribution is -2.44. The Bertz CT molecular complexity index is 818. The molecule has 0 aliphatic carbocycles. The number of ether oxygens (including phenoxy) is 1. The summed E-state index contributed by atoms with van der Waals surface area (Å²) in [6.45, 7) is 1.66. The van der Waals surface area contributed by atoms with Crippen LogP contribution >= 0.6 is 0 Å². The molecule has 3 rings (SSSR count). The summed E-state index contributed by atoms with van der Waals surface area (Å²) in [5.74, 6) is -0.716. The number of benzene rings is 2. The van der Waals surface area contributed by atoms with Gasteiger partial charge in [0, 0.05) is 18.1 Å². The Hall–Kier alpha value is -2.99. The number of rotatable bonds is 4. The number of esters is 1. The number of nitrogens with zero attached hydrogens (tertiary/aromatic N) is 2. The van der Waals surface area contributed by atoms with Gasteiger partial charge in [0.2, 0.25) is 0 Å². The van der Waals surface area contributed by atoms with Crippen LogP contribution in [0.2, 0.25) is 0 Å². The molecule has 2 aromatic carbocycles. The molecule has 2 aromatic rings. The first-order valence-electron chi connectivity index (χ1n) is 8.01. The average Bonchev–Trinajstić information content (AvgIpc) is 2.72. The van der Waals surface area contributed by atoms with Crippen LogP contribution < -0.4 is 10.6 Å². The van der Waals surface area contributed by atoms with Gasteiger partial charge in [-0.25, -0.2) is 0 Å². The van der Waals surface area contributed by atoms with E-state index < -0.39 is 6.17 Å². The van der Waals surface area contributed by atoms with Gasteiger partial charge in [0.05, 0.1) is 17.9 Å². The van der Waals surface area contributed by atoms with Crippen molar-refractivity contribution in [2.24, 2.45) is 10.7 Å². The van der Waals surface area contributed by atoms with Crippen molar-refractivity contribution < 1.29 is 14.3 Å². The van der Waals surface area contributed by atoms with E-state index in [0.29, 0.717) is 11.4 Å². The zero-order valence-corrected chi connectivity index (χ0v) is 13.9. The van der Waals surface area contributed by atoms with Crippen LogP contribution in [0.3, 0.4) is 0 Å². The number of nitrogens with two attached hydrogens (primary N) is 1. The molecule has 0 unspecified atom stereocenters. The molecule has 0 bridgehead atoms. The molecule has 0 saturated heterocycles. The van der Waals surface area contributed by atoms with Gasteiger partial charge in [-0.05, 0) is 6.07 Å². The number of carbonyl (C=O) groups excluding carboxylic acids is 2. The molecule has 1 amide bonds. The van der Waals surface area contributed by atoms with Gasteiger partial charge in [0.1, 0.15) is 6.61 Å². The summed E-state index contributed by atoms with van der Waals surface area (Å²) < 4.78 is 4.98. The van der Waals surface area contributed by atoms with E-state index in [2.05, 4.69) is 4.99 Å². The third kappa shape index (κ3) is 3.59. The van der Waals surface area contributed by atoms with Crippen LogP contribution in [0.1, 0.15) is 18.1 Å². The molecule has 1 aliphatic rings. The number of hydrogen-bond acceptors (Lipinski definition) is 5. The molecule has 1 aliphatic heterocycles. The molecule has 0 fully saturated rings. The van der Waals surface area contributed by atoms with Crippen LogP contribution in [-0.4, -0.2) is 36.9 Å². The van der Waals surface area contributed by atoms with Crippen molar-refractivity contribution in [3.63, 3.8) is 0 Å². The van der Waals surface area contributed by atoms with Gasteiger partial charge in [-0.2, -0.15) is 0 Å². The van der Waals surface area contributed by atoms with Gasteiger partial charge in [0.25, 0.3) is 5.91 Å². The first kappa shape index (κ1) is 16.9. The quantitative estimate of drug-likeness (QED) is 0.861. The lowest BCUT2D eigenvalue weighted by molar-refractivity contribution is -0.141. The first-order valence-corrected chi connectivity index (χ1v) is 8.01. The van der Waals surface area contributed by atoms with Gasteiger partial charge >= 0.3 is 5.97 Å². The fourth-order valence-corrected chi connectivity index (χ4v) is 2.79. The minimum Gasteiger partial charge on any atom is -0.464 e. The monoisotopic (exact) mass is 337 g/mol. The molecule has 0 spiro atoms. The number of hydrogen-bond donors (Lipinski definition) is 1. The number of para-hydroxylation sites is 1. The van der Waals surface area contributed by atoms with E-state index in [1.165, 1.54) is 11.8 Å². The van der Waals surface area contributed by atoms with Crippen molar-refractivity contribution in [1.29, 1.82) is 0 Å². The standard InChI is InChI=1S/C19H19N3O3/c1-13(23)25-12-11-22-16-10-6-5-9-15(16)17(21-18(20)19(22)24)14-7-3-2-4-8-14/h2-10,18H,11-12,20H2,1H3/t18-/m0/s1. The van der Waals surface area contributed by atoms with E-state index >= 15 is 0 Å². The molecule has 1 heterocycles. The number of amides is 1. The molecule has 0 aromatic heterocycles. The fraction of sp³-hybridized carbons (Fsp3) is 0.211. The molecule has 128 valence electrons. The van der Waals surface area contributed by atoms with Crippen molar-refractivity contribution in [3.8, 4) is 0 Å². The molecule has 0 saturated carbocycles. The summed E-state index contributed by atoms with van der Waals surface area (Å²) in [5, 5.41) is 0. The summed E-state index contributed by atoms with van der Waals surface area (Å²) in [5.41, 5.74) is 9.10. The smallest absolute Gasteiger partial charge is 0.302 e. The van der Waals surface area contributed by atoms with Crippen LogP contribution in [0.25, 0.3) is 0 Å². The Morgan fingerprint density at radius 1 is 1.16 bits per heavy atom. The van der Waals surface area contributed by atoms with E-state index in [0.717, 1.165) is 11.1 Å². The Morgan fingerprint density at radius 2 is 1.84 bits per heavy atom. The molecule has 1 atom stereocenters. The third-order valence-corrected chi connectivity index (χ3v) is 3.90. The molecular formula is C19H19N3O3. The van der Waals surface area contributed by atoms with Gasteiger partial charge < -0.3 is 15.4 Å². The van der Waals surface area contributed by atoms with Crippen LogP contribution in [0.5, 0.6) is 0 Å². The summed E-state index contributed by atoms with van der Waals surface area (Å²) in [6, 6.07) is 17.1. The Balaban J connectivity index is 2.04.